The van der Waals surface area contributed by atoms with Crippen molar-refractivity contribution in [1.29, 1.82) is 0 Å². The number of nitrogens with one attached hydrogen (secondary N) is 1. The van der Waals surface area contributed by atoms with Crippen LogP contribution in [0.4, 0.5) is 0 Å². The van der Waals surface area contributed by atoms with Crippen LogP contribution in [0.5, 0.6) is 0 Å². The lowest BCUT2D eigenvalue weighted by molar-refractivity contribution is 0.841. The van der Waals surface area contributed by atoms with Crippen molar-refractivity contribution in [2.24, 2.45) is 0 Å². The van der Waals surface area contributed by atoms with Crippen LogP contribution in [0.1, 0.15) is 6.42 Å². The molecule has 0 aromatic heterocycles. The molecule has 1 aliphatic rings. The molecule has 6 heavy (non-hydrogen) atoms. The molecule has 1 heteroatoms. The molecule has 0 aliphatic carbocycles. The Balaban J connectivity index is 2.36. The highest BCUT2D eigenvalue weighted by molar-refractivity contribution is 5.11. The van der Waals surface area contributed by atoms with Crippen LogP contribution in [0.3, 0.4) is 0 Å². The third kappa shape index (κ3) is 0.651. The number of rotatable bonds is 0. The van der Waals surface area contributed by atoms with Crippen molar-refractivity contribution in [3.8, 4) is 12.0 Å². The van der Waals surface area contributed by atoms with Crippen molar-refractivity contribution in [2.75, 3.05) is 6.54 Å². The molecule has 0 saturated carbocycles. The van der Waals surface area contributed by atoms with Crippen LogP contribution in [-0.4, -0.2) is 6.54 Å². The summed E-state index contributed by atoms with van der Waals surface area (Å²) >= 11 is 0. The van der Waals surface area contributed by atoms with Gasteiger partial charge in [-0.3, -0.25) is 0 Å². The summed E-state index contributed by atoms with van der Waals surface area (Å²) in [5.74, 6) is 2.80. The Labute approximate surface area is 37.7 Å². The smallest absolute Gasteiger partial charge is 0.0377 e. The maximum absolute atomic E-state index is 2.89. The average Bonchev–Trinajstić information content (AvgIpc) is 1.72. The molecule has 1 N–H and O–H groups in total. The van der Waals surface area contributed by atoms with Crippen molar-refractivity contribution < 1.29 is 0 Å². The fraction of sp³-hybridized carbons (Fsp3) is 0.400. The third-order valence-corrected chi connectivity index (χ3v) is 0.676. The molecule has 0 saturated heterocycles. The van der Waals surface area contributed by atoms with E-state index in [1.165, 1.54) is 0 Å². The Hall–Kier alpha value is -0.640. The topological polar surface area (TPSA) is 12.0 Å². The van der Waals surface area contributed by atoms with Crippen LogP contribution in [0.25, 0.3) is 0 Å². The van der Waals surface area contributed by atoms with Crippen LogP contribution >= 0.6 is 0 Å². The fourth-order valence-corrected chi connectivity index (χ4v) is 0.381. The van der Waals surface area contributed by atoms with E-state index in [0.717, 1.165) is 13.0 Å². The molecule has 0 bridgehead atoms. The fourth-order valence-electron chi connectivity index (χ4n) is 0.381. The van der Waals surface area contributed by atoms with E-state index in [2.05, 4.69) is 17.3 Å². The van der Waals surface area contributed by atoms with Gasteiger partial charge in [0.2, 0.25) is 0 Å². The highest BCUT2D eigenvalue weighted by atomic mass is 14.8. The van der Waals surface area contributed by atoms with Gasteiger partial charge >= 0.3 is 0 Å². The van der Waals surface area contributed by atoms with Gasteiger partial charge in [-0.1, -0.05) is 5.92 Å². The second kappa shape index (κ2) is 1.71. The summed E-state index contributed by atoms with van der Waals surface area (Å²) in [5, 5.41) is 2.89. The van der Waals surface area contributed by atoms with E-state index in [0.29, 0.717) is 0 Å². The maximum atomic E-state index is 2.89. The van der Waals surface area contributed by atoms with Gasteiger partial charge in [-0.15, -0.1) is 0 Å². The van der Waals surface area contributed by atoms with E-state index in [-0.39, 0.29) is 0 Å². The van der Waals surface area contributed by atoms with Gasteiger partial charge in [-0.05, 0) is 6.42 Å². The van der Waals surface area contributed by atoms with Crippen LogP contribution in [0.15, 0.2) is 0 Å². The molecule has 1 rings (SSSR count). The molecule has 0 unspecified atom stereocenters. The van der Waals surface area contributed by atoms with Crippen molar-refractivity contribution in [2.45, 2.75) is 6.42 Å². The second-order valence-electron chi connectivity index (χ2n) is 1.19. The minimum atomic E-state index is 1.02. The second-order valence-corrected chi connectivity index (χ2v) is 1.19. The molecule has 0 amide bonds. The highest BCUT2D eigenvalue weighted by Crippen LogP contribution is 1.83. The molecule has 0 spiro atoms. The highest BCUT2D eigenvalue weighted by Gasteiger charge is 1.84. The predicted octanol–water partition coefficient (Wildman–Crippen LogP) is 0.145. The Morgan fingerprint density at radius 3 is 2.83 bits per heavy atom. The van der Waals surface area contributed by atoms with E-state index < -0.39 is 0 Å². The summed E-state index contributed by atoms with van der Waals surface area (Å²) < 4.78 is 0. The molecule has 31 valence electrons. The molecule has 0 fully saturated rings. The summed E-state index contributed by atoms with van der Waals surface area (Å²) in [6.07, 6.45) is 3.06. The molecule has 1 nitrogen and oxygen atoms in total. The van der Waals surface area contributed by atoms with E-state index in [1.54, 1.807) is 0 Å². The van der Waals surface area contributed by atoms with Gasteiger partial charge in [0, 0.05) is 19.0 Å². The zero-order valence-corrected chi connectivity index (χ0v) is 3.49. The van der Waals surface area contributed by atoms with Crippen LogP contribution in [0, 0.1) is 18.4 Å². The summed E-state index contributed by atoms with van der Waals surface area (Å²) in [6, 6.07) is 2.73. The lowest BCUT2D eigenvalue weighted by Gasteiger charge is -1.96. The van der Waals surface area contributed by atoms with Crippen molar-refractivity contribution in [1.82, 2.24) is 5.32 Å². The van der Waals surface area contributed by atoms with Crippen molar-refractivity contribution in [3.05, 3.63) is 6.42 Å². The zero-order chi connectivity index (χ0) is 4.24. The maximum Gasteiger partial charge on any atom is 0.0377 e. The molecule has 1 aliphatic heterocycles. The quantitative estimate of drug-likeness (QED) is 0.408. The lowest BCUT2D eigenvalue weighted by Crippen LogP contribution is -2.10. The zero-order valence-electron chi connectivity index (χ0n) is 3.49. The molecule has 1 radical (unpaired) electrons. The predicted molar refractivity (Wildman–Crippen MR) is 24.7 cm³/mol. The Morgan fingerprint density at radius 2 is 2.67 bits per heavy atom. The summed E-state index contributed by atoms with van der Waals surface area (Å²) in [5.41, 5.74) is 0. The minimum absolute atomic E-state index is 1.02. The van der Waals surface area contributed by atoms with E-state index in [4.69, 9.17) is 0 Å². The first-order chi connectivity index (χ1) is 3.00. The van der Waals surface area contributed by atoms with E-state index in [1.807, 2.05) is 6.42 Å². The molecule has 0 atom stereocenters. The lowest BCUT2D eigenvalue weighted by atomic mass is 10.3. The summed E-state index contributed by atoms with van der Waals surface area (Å²) in [4.78, 5) is 0. The Kier molecular flexibility index (Phi) is 1.01. The van der Waals surface area contributed by atoms with Crippen molar-refractivity contribution >= 4 is 0 Å². The number of hydrogen-bond donors (Lipinski definition) is 1. The molecule has 0 aromatic rings. The van der Waals surface area contributed by atoms with E-state index >= 15 is 0 Å². The summed E-state index contributed by atoms with van der Waals surface area (Å²) in [6.45, 7) is 1.02. The molecule has 1 heterocycles. The van der Waals surface area contributed by atoms with Crippen LogP contribution in [0.2, 0.25) is 0 Å². The first kappa shape index (κ1) is 3.55. The van der Waals surface area contributed by atoms with Crippen molar-refractivity contribution in [3.63, 3.8) is 0 Å². The molecular formula is C5H6N. The standard InChI is InChI=1S/C5H6N/c1-2-4-6-5-3-1/h1,6H,2,4H2. The Morgan fingerprint density at radius 1 is 1.67 bits per heavy atom. The SMILES string of the molecule is C1#CNCC[CH]1. The van der Waals surface area contributed by atoms with Gasteiger partial charge in [0.25, 0.3) is 0 Å². The van der Waals surface area contributed by atoms with Gasteiger partial charge in [-0.2, -0.15) is 0 Å². The first-order valence-corrected chi connectivity index (χ1v) is 2.05. The normalized spacial score (nSPS) is 17.3. The average molecular weight is 80.1 g/mol. The van der Waals surface area contributed by atoms with Gasteiger partial charge in [0.15, 0.2) is 0 Å². The largest absolute Gasteiger partial charge is 0.346 e. The monoisotopic (exact) mass is 80.1 g/mol. The van der Waals surface area contributed by atoms with Gasteiger partial charge in [0.1, 0.15) is 0 Å². The number of hydrogen-bond acceptors (Lipinski definition) is 1. The molecular weight excluding hydrogens is 74.1 g/mol. The van der Waals surface area contributed by atoms with Gasteiger partial charge < -0.3 is 5.32 Å². The van der Waals surface area contributed by atoms with Crippen LogP contribution < -0.4 is 5.32 Å². The first-order valence-electron chi connectivity index (χ1n) is 2.05. The molecule has 0 aromatic carbocycles. The van der Waals surface area contributed by atoms with Crippen LogP contribution in [-0.2, 0) is 0 Å². The van der Waals surface area contributed by atoms with E-state index in [9.17, 15) is 0 Å². The van der Waals surface area contributed by atoms with Gasteiger partial charge in [-0.25, -0.2) is 0 Å². The van der Waals surface area contributed by atoms with Gasteiger partial charge in [0.05, 0.1) is 0 Å². The Bertz CT molecular complexity index is 75.8. The summed E-state index contributed by atoms with van der Waals surface area (Å²) in [7, 11) is 0. The third-order valence-electron chi connectivity index (χ3n) is 0.676. The minimum Gasteiger partial charge on any atom is -0.346 e.